The zero-order valence-electron chi connectivity index (χ0n) is 8.13. The summed E-state index contributed by atoms with van der Waals surface area (Å²) >= 11 is 0. The molecule has 1 rings (SSSR count). The van der Waals surface area contributed by atoms with Crippen molar-refractivity contribution in [3.8, 4) is 0 Å². The van der Waals surface area contributed by atoms with E-state index in [1.165, 1.54) is 18.1 Å². The number of benzene rings is 1. The van der Waals surface area contributed by atoms with Gasteiger partial charge < -0.3 is 5.32 Å². The maximum Gasteiger partial charge on any atom is 0.216 e. The van der Waals surface area contributed by atoms with Gasteiger partial charge >= 0.3 is 0 Å². The molecule has 0 saturated carbocycles. The van der Waals surface area contributed by atoms with Crippen molar-refractivity contribution in [2.45, 2.75) is 20.3 Å². The maximum atomic E-state index is 10.6. The smallest absolute Gasteiger partial charge is 0.216 e. The van der Waals surface area contributed by atoms with Crippen LogP contribution in [0.5, 0.6) is 0 Å². The molecule has 0 aliphatic carbocycles. The van der Waals surface area contributed by atoms with Crippen molar-refractivity contribution < 1.29 is 4.79 Å². The van der Waals surface area contributed by atoms with Crippen molar-refractivity contribution in [3.63, 3.8) is 0 Å². The van der Waals surface area contributed by atoms with Crippen molar-refractivity contribution in [1.82, 2.24) is 5.32 Å². The van der Waals surface area contributed by atoms with Gasteiger partial charge in [-0.15, -0.1) is 0 Å². The quantitative estimate of drug-likeness (QED) is 0.747. The predicted molar refractivity (Wildman–Crippen MR) is 53.6 cm³/mol. The molecule has 0 saturated heterocycles. The fourth-order valence-corrected chi connectivity index (χ4v) is 1.25. The lowest BCUT2D eigenvalue weighted by molar-refractivity contribution is -0.118. The zero-order valence-corrected chi connectivity index (χ0v) is 8.13. The van der Waals surface area contributed by atoms with Crippen LogP contribution < -0.4 is 5.32 Å². The van der Waals surface area contributed by atoms with Gasteiger partial charge in [0, 0.05) is 13.5 Å². The average molecular weight is 177 g/mol. The van der Waals surface area contributed by atoms with Crippen molar-refractivity contribution in [2.75, 3.05) is 6.54 Å². The Hall–Kier alpha value is -1.31. The lowest BCUT2D eigenvalue weighted by Gasteiger charge is -2.02. The van der Waals surface area contributed by atoms with E-state index in [-0.39, 0.29) is 5.91 Å². The summed E-state index contributed by atoms with van der Waals surface area (Å²) in [6, 6.07) is 8.33. The average Bonchev–Trinajstić information content (AvgIpc) is 2.03. The summed E-state index contributed by atoms with van der Waals surface area (Å²) in [5, 5.41) is 2.77. The minimum Gasteiger partial charge on any atom is -0.356 e. The Balaban J connectivity index is 2.41. The SMILES string of the molecule is CC(=O)NCCc1cccc(C)c1. The predicted octanol–water partition coefficient (Wildman–Crippen LogP) is 1.67. The van der Waals surface area contributed by atoms with Crippen LogP contribution in [-0.2, 0) is 11.2 Å². The van der Waals surface area contributed by atoms with Gasteiger partial charge in [-0.05, 0) is 18.9 Å². The van der Waals surface area contributed by atoms with Gasteiger partial charge in [0.1, 0.15) is 0 Å². The summed E-state index contributed by atoms with van der Waals surface area (Å²) in [7, 11) is 0. The number of amides is 1. The number of carbonyl (C=O) groups excluding carboxylic acids is 1. The molecule has 0 heterocycles. The minimum atomic E-state index is 0.0349. The van der Waals surface area contributed by atoms with Gasteiger partial charge in [-0.3, -0.25) is 4.79 Å². The Morgan fingerprint density at radius 3 is 2.85 bits per heavy atom. The highest BCUT2D eigenvalue weighted by Crippen LogP contribution is 2.03. The summed E-state index contributed by atoms with van der Waals surface area (Å²) in [6.45, 7) is 4.33. The molecule has 0 aromatic heterocycles. The number of hydrogen-bond donors (Lipinski definition) is 1. The third-order valence-corrected chi connectivity index (χ3v) is 1.87. The first-order valence-corrected chi connectivity index (χ1v) is 4.48. The molecule has 0 atom stereocenters. The maximum absolute atomic E-state index is 10.6. The molecule has 0 aliphatic rings. The van der Waals surface area contributed by atoms with Crippen LogP contribution in [0.2, 0.25) is 0 Å². The Kier molecular flexibility index (Phi) is 3.50. The summed E-state index contributed by atoms with van der Waals surface area (Å²) in [4.78, 5) is 10.6. The van der Waals surface area contributed by atoms with Crippen LogP contribution in [0.1, 0.15) is 18.1 Å². The Morgan fingerprint density at radius 1 is 1.46 bits per heavy atom. The van der Waals surface area contributed by atoms with Gasteiger partial charge in [0.05, 0.1) is 0 Å². The van der Waals surface area contributed by atoms with Gasteiger partial charge in [-0.25, -0.2) is 0 Å². The van der Waals surface area contributed by atoms with E-state index >= 15 is 0 Å². The second kappa shape index (κ2) is 4.65. The lowest BCUT2D eigenvalue weighted by Crippen LogP contribution is -2.22. The van der Waals surface area contributed by atoms with Crippen molar-refractivity contribution in [2.24, 2.45) is 0 Å². The normalized spacial score (nSPS) is 9.69. The largest absolute Gasteiger partial charge is 0.356 e. The highest BCUT2D eigenvalue weighted by atomic mass is 16.1. The molecular weight excluding hydrogens is 162 g/mol. The van der Waals surface area contributed by atoms with Crippen LogP contribution in [0.4, 0.5) is 0 Å². The summed E-state index contributed by atoms with van der Waals surface area (Å²) < 4.78 is 0. The topological polar surface area (TPSA) is 29.1 Å². The molecule has 0 fully saturated rings. The van der Waals surface area contributed by atoms with Crippen LogP contribution in [0, 0.1) is 6.92 Å². The molecule has 0 unspecified atom stereocenters. The van der Waals surface area contributed by atoms with Crippen molar-refractivity contribution in [3.05, 3.63) is 35.4 Å². The third kappa shape index (κ3) is 3.74. The Morgan fingerprint density at radius 2 is 2.23 bits per heavy atom. The molecule has 1 aromatic rings. The number of carbonyl (C=O) groups is 1. The van der Waals surface area contributed by atoms with Gasteiger partial charge in [0.2, 0.25) is 5.91 Å². The lowest BCUT2D eigenvalue weighted by atomic mass is 10.1. The number of hydrogen-bond acceptors (Lipinski definition) is 1. The molecule has 13 heavy (non-hydrogen) atoms. The first kappa shape index (κ1) is 9.78. The number of nitrogens with one attached hydrogen (secondary N) is 1. The van der Waals surface area contributed by atoms with Gasteiger partial charge in [0.25, 0.3) is 0 Å². The van der Waals surface area contributed by atoms with Crippen LogP contribution in [-0.4, -0.2) is 12.5 Å². The standard InChI is InChI=1S/C11H15NO/c1-9-4-3-5-11(8-9)6-7-12-10(2)13/h3-5,8H,6-7H2,1-2H3,(H,12,13). The monoisotopic (exact) mass is 177 g/mol. The molecule has 0 radical (unpaired) electrons. The fourth-order valence-electron chi connectivity index (χ4n) is 1.25. The molecule has 0 aliphatic heterocycles. The number of aryl methyl sites for hydroxylation is 1. The van der Waals surface area contributed by atoms with E-state index in [0.717, 1.165) is 13.0 Å². The summed E-state index contributed by atoms with van der Waals surface area (Å²) in [6.07, 6.45) is 0.904. The minimum absolute atomic E-state index is 0.0349. The second-order valence-electron chi connectivity index (χ2n) is 3.22. The van der Waals surface area contributed by atoms with Gasteiger partial charge in [0.15, 0.2) is 0 Å². The van der Waals surface area contributed by atoms with E-state index in [2.05, 4.69) is 30.4 Å². The van der Waals surface area contributed by atoms with E-state index in [0.29, 0.717) is 0 Å². The van der Waals surface area contributed by atoms with Gasteiger partial charge in [-0.2, -0.15) is 0 Å². The fraction of sp³-hybridized carbons (Fsp3) is 0.364. The van der Waals surface area contributed by atoms with Crippen molar-refractivity contribution in [1.29, 1.82) is 0 Å². The number of rotatable bonds is 3. The molecular formula is C11H15NO. The molecule has 1 amide bonds. The Bertz CT molecular complexity index is 294. The van der Waals surface area contributed by atoms with Crippen LogP contribution >= 0.6 is 0 Å². The summed E-state index contributed by atoms with van der Waals surface area (Å²) in [5.41, 5.74) is 2.54. The third-order valence-electron chi connectivity index (χ3n) is 1.87. The van der Waals surface area contributed by atoms with Gasteiger partial charge in [-0.1, -0.05) is 29.8 Å². The molecule has 0 spiro atoms. The summed E-state index contributed by atoms with van der Waals surface area (Å²) in [5.74, 6) is 0.0349. The second-order valence-corrected chi connectivity index (χ2v) is 3.22. The van der Waals surface area contributed by atoms with Crippen LogP contribution in [0.25, 0.3) is 0 Å². The molecule has 1 aromatic carbocycles. The van der Waals surface area contributed by atoms with Crippen LogP contribution in [0.15, 0.2) is 24.3 Å². The molecule has 1 N–H and O–H groups in total. The zero-order chi connectivity index (χ0) is 9.68. The molecule has 0 bridgehead atoms. The first-order chi connectivity index (χ1) is 6.18. The highest BCUT2D eigenvalue weighted by molar-refractivity contribution is 5.72. The van der Waals surface area contributed by atoms with E-state index < -0.39 is 0 Å². The van der Waals surface area contributed by atoms with Crippen molar-refractivity contribution >= 4 is 5.91 Å². The Labute approximate surface area is 79.0 Å². The van der Waals surface area contributed by atoms with E-state index in [1.807, 2.05) is 6.07 Å². The van der Waals surface area contributed by atoms with E-state index in [9.17, 15) is 4.79 Å². The molecule has 70 valence electrons. The highest BCUT2D eigenvalue weighted by Gasteiger charge is 1.94. The van der Waals surface area contributed by atoms with E-state index in [1.54, 1.807) is 0 Å². The molecule has 2 nitrogen and oxygen atoms in total. The van der Waals surface area contributed by atoms with E-state index in [4.69, 9.17) is 0 Å². The van der Waals surface area contributed by atoms with Crippen LogP contribution in [0.3, 0.4) is 0 Å². The first-order valence-electron chi connectivity index (χ1n) is 4.48. The molecule has 2 heteroatoms.